The average Bonchev–Trinajstić information content (AvgIpc) is 3.19. The predicted octanol–water partition coefficient (Wildman–Crippen LogP) is 4.55. The Kier molecular flexibility index (Phi) is 4.60. The van der Waals surface area contributed by atoms with Crippen LogP contribution in [0.1, 0.15) is 0 Å². The van der Waals surface area contributed by atoms with E-state index in [1.165, 1.54) is 12.6 Å². The second-order valence-electron chi connectivity index (χ2n) is 7.21. The molecular formula is C24H18N4O2S. The molecule has 0 radical (unpaired) electrons. The van der Waals surface area contributed by atoms with Gasteiger partial charge in [-0.2, -0.15) is 0 Å². The van der Waals surface area contributed by atoms with Crippen molar-refractivity contribution >= 4 is 21.0 Å². The predicted molar refractivity (Wildman–Crippen MR) is 121 cm³/mol. The quantitative estimate of drug-likeness (QED) is 0.421. The maximum atomic E-state index is 11.8. The molecule has 0 aliphatic heterocycles. The van der Waals surface area contributed by atoms with Gasteiger partial charge in [0.15, 0.2) is 15.5 Å². The van der Waals surface area contributed by atoms with Crippen LogP contribution in [0.3, 0.4) is 0 Å². The number of aromatic nitrogens is 4. The van der Waals surface area contributed by atoms with Crippen LogP contribution in [0.15, 0.2) is 96.3 Å². The number of hydrogen-bond acceptors (Lipinski definition) is 5. The molecule has 0 spiro atoms. The maximum Gasteiger partial charge on any atom is 0.175 e. The Morgan fingerprint density at radius 1 is 0.774 bits per heavy atom. The molecule has 5 rings (SSSR count). The minimum absolute atomic E-state index is 0.269. The maximum absolute atomic E-state index is 11.8. The monoisotopic (exact) mass is 426 g/mol. The van der Waals surface area contributed by atoms with Crippen LogP contribution in [0.25, 0.3) is 39.4 Å². The first-order chi connectivity index (χ1) is 15.0. The third-order valence-corrected chi connectivity index (χ3v) is 6.22. The molecule has 2 heterocycles. The molecule has 0 saturated heterocycles. The van der Waals surface area contributed by atoms with Crippen LogP contribution < -0.4 is 0 Å². The lowest BCUT2D eigenvalue weighted by Crippen LogP contribution is -2.00. The van der Waals surface area contributed by atoms with E-state index in [0.717, 1.165) is 22.4 Å². The third-order valence-electron chi connectivity index (χ3n) is 5.10. The molecule has 0 unspecified atom stereocenters. The van der Waals surface area contributed by atoms with E-state index in [9.17, 15) is 8.42 Å². The second kappa shape index (κ2) is 7.45. The van der Waals surface area contributed by atoms with Gasteiger partial charge in [0, 0.05) is 17.5 Å². The first kappa shape index (κ1) is 19.1. The van der Waals surface area contributed by atoms with Gasteiger partial charge in [-0.25, -0.2) is 23.4 Å². The number of hydrogen-bond donors (Lipinski definition) is 0. The van der Waals surface area contributed by atoms with Crippen molar-refractivity contribution < 1.29 is 8.42 Å². The van der Waals surface area contributed by atoms with Gasteiger partial charge in [-0.15, -0.1) is 0 Å². The van der Waals surface area contributed by atoms with Crippen molar-refractivity contribution in [3.05, 3.63) is 91.4 Å². The zero-order chi connectivity index (χ0) is 21.4. The standard InChI is InChI=1S/C24H18N4O2S/c1-31(29,30)21-13-9-19(10-14-21)23-27-22-15-25-16-26-24(22)28(23)20-11-7-18(8-12-20)17-5-3-2-4-6-17/h2-16H,1H3. The summed E-state index contributed by atoms with van der Waals surface area (Å²) in [5, 5.41) is 0. The molecule has 152 valence electrons. The summed E-state index contributed by atoms with van der Waals surface area (Å²) in [7, 11) is -3.27. The van der Waals surface area contributed by atoms with Gasteiger partial charge in [0.2, 0.25) is 0 Å². The summed E-state index contributed by atoms with van der Waals surface area (Å²) in [6.45, 7) is 0. The summed E-state index contributed by atoms with van der Waals surface area (Å²) in [5.41, 5.74) is 5.30. The Hall–Kier alpha value is -3.84. The van der Waals surface area contributed by atoms with E-state index in [-0.39, 0.29) is 4.90 Å². The largest absolute Gasteiger partial charge is 0.277 e. The van der Waals surface area contributed by atoms with Crippen molar-refractivity contribution in [2.24, 2.45) is 0 Å². The fourth-order valence-corrected chi connectivity index (χ4v) is 4.18. The van der Waals surface area contributed by atoms with Crippen LogP contribution in [-0.4, -0.2) is 34.2 Å². The number of imidazole rings is 1. The van der Waals surface area contributed by atoms with Crippen LogP contribution in [0.4, 0.5) is 0 Å². The molecule has 5 aromatic rings. The van der Waals surface area contributed by atoms with Crippen LogP contribution in [0.2, 0.25) is 0 Å². The lowest BCUT2D eigenvalue weighted by molar-refractivity contribution is 0.602. The number of benzene rings is 3. The number of nitrogens with zero attached hydrogens (tertiary/aromatic N) is 4. The molecule has 0 aliphatic carbocycles. The Morgan fingerprint density at radius 3 is 2.10 bits per heavy atom. The van der Waals surface area contributed by atoms with E-state index in [1.54, 1.807) is 30.5 Å². The first-order valence-corrected chi connectivity index (χ1v) is 11.5. The molecule has 0 saturated carbocycles. The lowest BCUT2D eigenvalue weighted by atomic mass is 10.1. The highest BCUT2D eigenvalue weighted by Crippen LogP contribution is 2.29. The third kappa shape index (κ3) is 3.60. The molecule has 6 nitrogen and oxygen atoms in total. The topological polar surface area (TPSA) is 77.7 Å². The highest BCUT2D eigenvalue weighted by atomic mass is 32.2. The molecule has 31 heavy (non-hydrogen) atoms. The van der Waals surface area contributed by atoms with Crippen molar-refractivity contribution in [3.8, 4) is 28.2 Å². The molecule has 0 bridgehead atoms. The molecule has 0 atom stereocenters. The fourth-order valence-electron chi connectivity index (χ4n) is 3.55. The number of sulfone groups is 1. The van der Waals surface area contributed by atoms with E-state index in [1.807, 2.05) is 34.9 Å². The zero-order valence-corrected chi connectivity index (χ0v) is 17.5. The Bertz CT molecular complexity index is 1470. The highest BCUT2D eigenvalue weighted by Gasteiger charge is 2.16. The van der Waals surface area contributed by atoms with E-state index in [0.29, 0.717) is 17.0 Å². The minimum Gasteiger partial charge on any atom is -0.277 e. The molecule has 0 fully saturated rings. The number of rotatable bonds is 4. The van der Waals surface area contributed by atoms with E-state index in [4.69, 9.17) is 4.98 Å². The van der Waals surface area contributed by atoms with Crippen LogP contribution >= 0.6 is 0 Å². The van der Waals surface area contributed by atoms with Gasteiger partial charge < -0.3 is 0 Å². The lowest BCUT2D eigenvalue weighted by Gasteiger charge is -2.10. The zero-order valence-electron chi connectivity index (χ0n) is 16.7. The summed E-state index contributed by atoms with van der Waals surface area (Å²) in [5.74, 6) is 0.669. The van der Waals surface area contributed by atoms with Crippen molar-refractivity contribution in [2.45, 2.75) is 4.90 Å². The molecule has 0 N–H and O–H groups in total. The Labute approximate surface area is 179 Å². The molecule has 3 aromatic carbocycles. The van der Waals surface area contributed by atoms with Crippen molar-refractivity contribution in [3.63, 3.8) is 0 Å². The summed E-state index contributed by atoms with van der Waals surface area (Å²) < 4.78 is 25.6. The van der Waals surface area contributed by atoms with Gasteiger partial charge in [0.25, 0.3) is 0 Å². The van der Waals surface area contributed by atoms with Crippen molar-refractivity contribution in [2.75, 3.05) is 6.26 Å². The van der Waals surface area contributed by atoms with Crippen LogP contribution in [0.5, 0.6) is 0 Å². The molecular weight excluding hydrogens is 408 g/mol. The number of fused-ring (bicyclic) bond motifs is 1. The summed E-state index contributed by atoms with van der Waals surface area (Å²) in [6, 6.07) is 25.1. The van der Waals surface area contributed by atoms with E-state index < -0.39 is 9.84 Å². The van der Waals surface area contributed by atoms with Gasteiger partial charge in [-0.05, 0) is 47.5 Å². The fraction of sp³-hybridized carbons (Fsp3) is 0.0417. The van der Waals surface area contributed by atoms with Crippen molar-refractivity contribution in [1.29, 1.82) is 0 Å². The summed E-state index contributed by atoms with van der Waals surface area (Å²) in [6.07, 6.45) is 4.36. The van der Waals surface area contributed by atoms with Crippen LogP contribution in [0, 0.1) is 0 Å². The molecule has 7 heteroatoms. The molecule has 0 aliphatic rings. The average molecular weight is 427 g/mol. The van der Waals surface area contributed by atoms with Crippen molar-refractivity contribution in [1.82, 2.24) is 19.5 Å². The van der Waals surface area contributed by atoms with Gasteiger partial charge in [-0.1, -0.05) is 42.5 Å². The SMILES string of the molecule is CS(=O)(=O)c1ccc(-c2nc3cncnc3n2-c2ccc(-c3ccccc3)cc2)cc1. The van der Waals surface area contributed by atoms with E-state index in [2.05, 4.69) is 34.2 Å². The summed E-state index contributed by atoms with van der Waals surface area (Å²) in [4.78, 5) is 13.5. The minimum atomic E-state index is -3.27. The van der Waals surface area contributed by atoms with E-state index >= 15 is 0 Å². The Morgan fingerprint density at radius 2 is 1.42 bits per heavy atom. The highest BCUT2D eigenvalue weighted by molar-refractivity contribution is 7.90. The molecule has 0 amide bonds. The second-order valence-corrected chi connectivity index (χ2v) is 9.23. The molecule has 2 aromatic heterocycles. The van der Waals surface area contributed by atoms with Crippen LogP contribution in [-0.2, 0) is 9.84 Å². The van der Waals surface area contributed by atoms with Gasteiger partial charge in [-0.3, -0.25) is 4.57 Å². The summed E-state index contributed by atoms with van der Waals surface area (Å²) >= 11 is 0. The van der Waals surface area contributed by atoms with Gasteiger partial charge in [0.05, 0.1) is 11.1 Å². The smallest absolute Gasteiger partial charge is 0.175 e. The Balaban J connectivity index is 1.65. The van der Waals surface area contributed by atoms with Gasteiger partial charge >= 0.3 is 0 Å². The normalized spacial score (nSPS) is 11.6. The van der Waals surface area contributed by atoms with Gasteiger partial charge in [0.1, 0.15) is 17.7 Å². The first-order valence-electron chi connectivity index (χ1n) is 9.65.